The van der Waals surface area contributed by atoms with Crippen molar-refractivity contribution in [3.63, 3.8) is 0 Å². The van der Waals surface area contributed by atoms with Gasteiger partial charge in [0.1, 0.15) is 11.5 Å². The highest BCUT2D eigenvalue weighted by Gasteiger charge is 2.05. The molecule has 2 aromatic rings. The van der Waals surface area contributed by atoms with E-state index in [4.69, 9.17) is 4.74 Å². The van der Waals surface area contributed by atoms with Crippen LogP contribution in [0.4, 0.5) is 0 Å². The van der Waals surface area contributed by atoms with Crippen LogP contribution >= 0.6 is 0 Å². The van der Waals surface area contributed by atoms with E-state index in [0.717, 1.165) is 23.5 Å². The number of ether oxygens (including phenoxy) is 1. The normalized spacial score (nSPS) is 12.4. The lowest BCUT2D eigenvalue weighted by Crippen LogP contribution is -1.94. The fourth-order valence-corrected chi connectivity index (χ4v) is 2.05. The first kappa shape index (κ1) is 14.6. The molecule has 0 amide bonds. The van der Waals surface area contributed by atoms with Crippen molar-refractivity contribution in [3.05, 3.63) is 59.7 Å². The van der Waals surface area contributed by atoms with E-state index in [1.165, 1.54) is 5.56 Å². The number of hydrogen-bond donors (Lipinski definition) is 1. The van der Waals surface area contributed by atoms with E-state index < -0.39 is 6.10 Å². The van der Waals surface area contributed by atoms with Crippen molar-refractivity contribution in [1.82, 2.24) is 0 Å². The molecule has 0 radical (unpaired) electrons. The number of aliphatic hydroxyl groups excluding tert-OH is 1. The van der Waals surface area contributed by atoms with Crippen molar-refractivity contribution in [3.8, 4) is 11.5 Å². The van der Waals surface area contributed by atoms with E-state index in [1.807, 2.05) is 43.3 Å². The molecule has 0 saturated heterocycles. The van der Waals surface area contributed by atoms with Crippen LogP contribution in [0.1, 0.15) is 50.3 Å². The van der Waals surface area contributed by atoms with Crippen LogP contribution in [-0.4, -0.2) is 5.11 Å². The second kappa shape index (κ2) is 6.58. The van der Waals surface area contributed by atoms with Gasteiger partial charge in [0.25, 0.3) is 0 Å². The van der Waals surface area contributed by atoms with Gasteiger partial charge in [-0.25, -0.2) is 0 Å². The fourth-order valence-electron chi connectivity index (χ4n) is 2.05. The quantitative estimate of drug-likeness (QED) is 0.824. The Kier molecular flexibility index (Phi) is 4.80. The lowest BCUT2D eigenvalue weighted by molar-refractivity contribution is 0.173. The third-order valence-corrected chi connectivity index (χ3v) is 3.43. The van der Waals surface area contributed by atoms with Crippen molar-refractivity contribution in [2.75, 3.05) is 0 Å². The van der Waals surface area contributed by atoms with Gasteiger partial charge in [-0.3, -0.25) is 0 Å². The lowest BCUT2D eigenvalue weighted by atomic mass is 10.0. The zero-order valence-corrected chi connectivity index (χ0v) is 12.3. The minimum absolute atomic E-state index is 0.394. The van der Waals surface area contributed by atoms with E-state index >= 15 is 0 Å². The summed E-state index contributed by atoms with van der Waals surface area (Å²) in [6.45, 7) is 6.31. The summed E-state index contributed by atoms with van der Waals surface area (Å²) in [5, 5.41) is 9.75. The second-order valence-electron chi connectivity index (χ2n) is 5.32. The van der Waals surface area contributed by atoms with E-state index in [9.17, 15) is 5.11 Å². The smallest absolute Gasteiger partial charge is 0.127 e. The minimum Gasteiger partial charge on any atom is -0.457 e. The van der Waals surface area contributed by atoms with Crippen LogP contribution in [-0.2, 0) is 0 Å². The van der Waals surface area contributed by atoms with Gasteiger partial charge in [0.05, 0.1) is 6.10 Å². The van der Waals surface area contributed by atoms with Crippen LogP contribution in [0.2, 0.25) is 0 Å². The van der Waals surface area contributed by atoms with Gasteiger partial charge in [0.2, 0.25) is 0 Å². The molecular weight excluding hydrogens is 248 g/mol. The molecule has 0 aliphatic carbocycles. The summed E-state index contributed by atoms with van der Waals surface area (Å²) in [6.07, 6.45) is 0.325. The van der Waals surface area contributed by atoms with Crippen molar-refractivity contribution in [1.29, 1.82) is 0 Å². The Morgan fingerprint density at radius 3 is 1.70 bits per heavy atom. The Morgan fingerprint density at radius 1 is 0.850 bits per heavy atom. The van der Waals surface area contributed by atoms with E-state index in [0.29, 0.717) is 5.92 Å². The van der Waals surface area contributed by atoms with Gasteiger partial charge < -0.3 is 9.84 Å². The third-order valence-electron chi connectivity index (χ3n) is 3.43. The molecule has 0 fully saturated rings. The molecule has 2 aromatic carbocycles. The average molecular weight is 270 g/mol. The lowest BCUT2D eigenvalue weighted by Gasteiger charge is -2.11. The maximum atomic E-state index is 9.75. The van der Waals surface area contributed by atoms with E-state index in [-0.39, 0.29) is 0 Å². The molecule has 2 heteroatoms. The molecule has 0 heterocycles. The van der Waals surface area contributed by atoms with Gasteiger partial charge in [-0.2, -0.15) is 0 Å². The Bertz CT molecular complexity index is 526. The summed E-state index contributed by atoms with van der Waals surface area (Å²) < 4.78 is 5.80. The summed E-state index contributed by atoms with van der Waals surface area (Å²) in [5.41, 5.74) is 2.23. The SMILES string of the molecule is CC[C@@H](O)c1ccc(Oc2ccc(C(C)C)cc2)cc1. The van der Waals surface area contributed by atoms with Gasteiger partial charge in [-0.05, 0) is 47.7 Å². The van der Waals surface area contributed by atoms with Gasteiger partial charge in [-0.1, -0.05) is 45.0 Å². The molecule has 1 N–H and O–H groups in total. The summed E-state index contributed by atoms with van der Waals surface area (Å²) in [4.78, 5) is 0. The van der Waals surface area contributed by atoms with E-state index in [2.05, 4.69) is 26.0 Å². The first-order chi connectivity index (χ1) is 9.60. The highest BCUT2D eigenvalue weighted by molar-refractivity contribution is 5.35. The molecule has 20 heavy (non-hydrogen) atoms. The van der Waals surface area contributed by atoms with Gasteiger partial charge in [0.15, 0.2) is 0 Å². The molecule has 2 nitrogen and oxygen atoms in total. The summed E-state index contributed by atoms with van der Waals surface area (Å²) in [5.74, 6) is 2.14. The monoisotopic (exact) mass is 270 g/mol. The molecule has 0 aliphatic heterocycles. The maximum absolute atomic E-state index is 9.75. The van der Waals surface area contributed by atoms with Crippen LogP contribution in [0.15, 0.2) is 48.5 Å². The minimum atomic E-state index is -0.394. The Balaban J connectivity index is 2.06. The van der Waals surface area contributed by atoms with Crippen molar-refractivity contribution in [2.45, 2.75) is 39.2 Å². The van der Waals surface area contributed by atoms with Crippen molar-refractivity contribution in [2.24, 2.45) is 0 Å². The highest BCUT2D eigenvalue weighted by atomic mass is 16.5. The summed E-state index contributed by atoms with van der Waals surface area (Å²) in [6, 6.07) is 15.8. The molecule has 0 spiro atoms. The maximum Gasteiger partial charge on any atom is 0.127 e. The van der Waals surface area contributed by atoms with Crippen molar-refractivity contribution >= 4 is 0 Å². The van der Waals surface area contributed by atoms with Crippen LogP contribution in [0.5, 0.6) is 11.5 Å². The molecule has 2 rings (SSSR count). The first-order valence-electron chi connectivity index (χ1n) is 7.16. The largest absolute Gasteiger partial charge is 0.457 e. The summed E-state index contributed by atoms with van der Waals surface area (Å²) >= 11 is 0. The standard InChI is InChI=1S/C18H22O2/c1-4-18(19)15-7-11-17(12-8-15)20-16-9-5-14(6-10-16)13(2)3/h5-13,18-19H,4H2,1-3H3/t18-/m1/s1. The van der Waals surface area contributed by atoms with Crippen LogP contribution in [0.25, 0.3) is 0 Å². The van der Waals surface area contributed by atoms with Crippen LogP contribution < -0.4 is 4.74 Å². The predicted octanol–water partition coefficient (Wildman–Crippen LogP) is 5.05. The average Bonchev–Trinajstić information content (AvgIpc) is 2.48. The topological polar surface area (TPSA) is 29.5 Å². The molecule has 0 unspecified atom stereocenters. The Hall–Kier alpha value is -1.80. The Morgan fingerprint density at radius 2 is 1.30 bits per heavy atom. The molecular formula is C18H22O2. The number of benzene rings is 2. The zero-order chi connectivity index (χ0) is 14.5. The van der Waals surface area contributed by atoms with Gasteiger partial charge in [-0.15, -0.1) is 0 Å². The second-order valence-corrected chi connectivity index (χ2v) is 5.32. The highest BCUT2D eigenvalue weighted by Crippen LogP contribution is 2.25. The van der Waals surface area contributed by atoms with Crippen molar-refractivity contribution < 1.29 is 9.84 Å². The molecule has 1 atom stereocenters. The third kappa shape index (κ3) is 3.61. The number of hydrogen-bond acceptors (Lipinski definition) is 2. The number of aliphatic hydroxyl groups is 1. The molecule has 0 aliphatic rings. The first-order valence-corrected chi connectivity index (χ1v) is 7.16. The zero-order valence-electron chi connectivity index (χ0n) is 12.3. The molecule has 0 bridgehead atoms. The summed E-state index contributed by atoms with van der Waals surface area (Å²) in [7, 11) is 0. The molecule has 0 saturated carbocycles. The van der Waals surface area contributed by atoms with Crippen LogP contribution in [0, 0.1) is 0 Å². The Labute approximate surface area is 121 Å². The predicted molar refractivity (Wildman–Crippen MR) is 82.3 cm³/mol. The molecule has 0 aromatic heterocycles. The van der Waals surface area contributed by atoms with Crippen LogP contribution in [0.3, 0.4) is 0 Å². The molecule has 106 valence electrons. The van der Waals surface area contributed by atoms with Gasteiger partial charge in [0, 0.05) is 0 Å². The number of rotatable bonds is 5. The van der Waals surface area contributed by atoms with Gasteiger partial charge >= 0.3 is 0 Å². The van der Waals surface area contributed by atoms with E-state index in [1.54, 1.807) is 0 Å². The fraction of sp³-hybridized carbons (Fsp3) is 0.333.